The quantitative estimate of drug-likeness (QED) is 0.663. The standard InChI is InChI=1S/C13H7BrCl2FN3/c14-7-2-1-6(15)3-11(7)20-12-4-8(16)9(17)5-10(12)19-13(20)18/h1-5H,(H2,18,19). The van der Waals surface area contributed by atoms with Crippen molar-refractivity contribution in [3.63, 3.8) is 0 Å². The zero-order valence-electron chi connectivity index (χ0n) is 9.87. The lowest BCUT2D eigenvalue weighted by Gasteiger charge is -2.09. The van der Waals surface area contributed by atoms with Gasteiger partial charge in [0.2, 0.25) is 5.95 Å². The highest BCUT2D eigenvalue weighted by atomic mass is 79.9. The van der Waals surface area contributed by atoms with Crippen molar-refractivity contribution >= 4 is 56.1 Å². The second-order valence-electron chi connectivity index (χ2n) is 4.16. The summed E-state index contributed by atoms with van der Waals surface area (Å²) in [6, 6.07) is 8.03. The molecule has 0 aliphatic rings. The average molecular weight is 375 g/mol. The van der Waals surface area contributed by atoms with Crippen LogP contribution in [0, 0.1) is 5.82 Å². The number of halogens is 4. The van der Waals surface area contributed by atoms with Crippen LogP contribution in [0.3, 0.4) is 0 Å². The summed E-state index contributed by atoms with van der Waals surface area (Å²) in [6.45, 7) is 0. The number of hydrogen-bond acceptors (Lipinski definition) is 2. The number of nitrogen functional groups attached to an aromatic ring is 1. The number of nitrogens with zero attached hydrogens (tertiary/aromatic N) is 2. The van der Waals surface area contributed by atoms with Gasteiger partial charge in [-0.2, -0.15) is 0 Å². The van der Waals surface area contributed by atoms with Gasteiger partial charge in [-0.15, -0.1) is 0 Å². The number of aromatic nitrogens is 2. The van der Waals surface area contributed by atoms with Gasteiger partial charge < -0.3 is 5.73 Å². The van der Waals surface area contributed by atoms with Crippen LogP contribution < -0.4 is 5.73 Å². The maximum absolute atomic E-state index is 13.5. The van der Waals surface area contributed by atoms with E-state index in [0.717, 1.165) is 4.47 Å². The van der Waals surface area contributed by atoms with Crippen molar-refractivity contribution in [2.45, 2.75) is 0 Å². The van der Waals surface area contributed by atoms with E-state index in [0.29, 0.717) is 21.7 Å². The summed E-state index contributed by atoms with van der Waals surface area (Å²) in [4.78, 5) is 4.14. The zero-order chi connectivity index (χ0) is 14.4. The van der Waals surface area contributed by atoms with Gasteiger partial charge in [0.05, 0.1) is 21.7 Å². The molecule has 0 radical (unpaired) electrons. The molecule has 3 nitrogen and oxygen atoms in total. The van der Waals surface area contributed by atoms with Crippen molar-refractivity contribution in [3.8, 4) is 5.69 Å². The summed E-state index contributed by atoms with van der Waals surface area (Å²) in [5, 5.41) is 0.564. The molecule has 2 aromatic carbocycles. The van der Waals surface area contributed by atoms with Crippen LogP contribution in [0.1, 0.15) is 0 Å². The minimum absolute atomic E-state index is 0.0109. The molecule has 1 aromatic heterocycles. The third-order valence-corrected chi connectivity index (χ3v) is 4.07. The Kier molecular flexibility index (Phi) is 3.36. The monoisotopic (exact) mass is 373 g/mol. The summed E-state index contributed by atoms with van der Waals surface area (Å²) in [7, 11) is 0. The van der Waals surface area contributed by atoms with Crippen LogP contribution in [0.25, 0.3) is 16.7 Å². The SMILES string of the molecule is Nc1nc2cc(F)c(Cl)cc2n1-c1cc(Cl)ccc1Br. The minimum Gasteiger partial charge on any atom is -0.369 e. The highest BCUT2D eigenvalue weighted by Crippen LogP contribution is 2.32. The summed E-state index contributed by atoms with van der Waals surface area (Å²) in [6.07, 6.45) is 0. The molecule has 3 rings (SSSR count). The molecule has 20 heavy (non-hydrogen) atoms. The largest absolute Gasteiger partial charge is 0.369 e. The molecule has 7 heteroatoms. The molecule has 0 amide bonds. The van der Waals surface area contributed by atoms with E-state index in [9.17, 15) is 4.39 Å². The average Bonchev–Trinajstić information content (AvgIpc) is 2.69. The number of nitrogens with two attached hydrogens (primary N) is 1. The fraction of sp³-hybridized carbons (Fsp3) is 0. The van der Waals surface area contributed by atoms with Crippen LogP contribution in [0.2, 0.25) is 10.0 Å². The molecular formula is C13H7BrCl2FN3. The molecule has 0 atom stereocenters. The van der Waals surface area contributed by atoms with Crippen LogP contribution >= 0.6 is 39.1 Å². The smallest absolute Gasteiger partial charge is 0.205 e. The van der Waals surface area contributed by atoms with E-state index in [-0.39, 0.29) is 11.0 Å². The van der Waals surface area contributed by atoms with Gasteiger partial charge in [-0.3, -0.25) is 4.57 Å². The Morgan fingerprint density at radius 1 is 1.20 bits per heavy atom. The molecule has 0 saturated heterocycles. The predicted octanol–water partition coefficient (Wildman–Crippen LogP) is 4.82. The van der Waals surface area contributed by atoms with E-state index < -0.39 is 5.82 Å². The van der Waals surface area contributed by atoms with Crippen molar-refractivity contribution in [3.05, 3.63) is 50.7 Å². The van der Waals surface area contributed by atoms with Gasteiger partial charge in [-0.05, 0) is 40.2 Å². The fourth-order valence-corrected chi connectivity index (χ4v) is 2.75. The Balaban J connectivity index is 2.38. The highest BCUT2D eigenvalue weighted by molar-refractivity contribution is 9.10. The number of benzene rings is 2. The normalized spacial score (nSPS) is 11.2. The van der Waals surface area contributed by atoms with Gasteiger partial charge >= 0.3 is 0 Å². The van der Waals surface area contributed by atoms with Crippen molar-refractivity contribution in [2.75, 3.05) is 5.73 Å². The van der Waals surface area contributed by atoms with Crippen LogP contribution in [0.4, 0.5) is 10.3 Å². The molecule has 102 valence electrons. The molecule has 0 spiro atoms. The lowest BCUT2D eigenvalue weighted by Crippen LogP contribution is -2.01. The van der Waals surface area contributed by atoms with E-state index in [1.807, 2.05) is 0 Å². The van der Waals surface area contributed by atoms with Crippen molar-refractivity contribution in [1.82, 2.24) is 9.55 Å². The zero-order valence-corrected chi connectivity index (χ0v) is 13.0. The molecule has 0 fully saturated rings. The lowest BCUT2D eigenvalue weighted by atomic mass is 10.2. The van der Waals surface area contributed by atoms with Gasteiger partial charge in [0, 0.05) is 15.6 Å². The maximum atomic E-state index is 13.5. The third kappa shape index (κ3) is 2.16. The van der Waals surface area contributed by atoms with Gasteiger partial charge in [0.1, 0.15) is 5.82 Å². The number of rotatable bonds is 1. The second-order valence-corrected chi connectivity index (χ2v) is 5.85. The number of fused-ring (bicyclic) bond motifs is 1. The molecule has 1 heterocycles. The van der Waals surface area contributed by atoms with Crippen LogP contribution in [0.15, 0.2) is 34.8 Å². The Labute approximate surface area is 132 Å². The molecule has 0 unspecified atom stereocenters. The van der Waals surface area contributed by atoms with Gasteiger partial charge in [-0.1, -0.05) is 23.2 Å². The van der Waals surface area contributed by atoms with E-state index >= 15 is 0 Å². The summed E-state index contributed by atoms with van der Waals surface area (Å²) in [5.41, 5.74) is 7.67. The fourth-order valence-electron chi connectivity index (χ4n) is 2.00. The highest BCUT2D eigenvalue weighted by Gasteiger charge is 2.15. The first kappa shape index (κ1) is 13.7. The predicted molar refractivity (Wildman–Crippen MR) is 83.2 cm³/mol. The minimum atomic E-state index is -0.533. The maximum Gasteiger partial charge on any atom is 0.205 e. The van der Waals surface area contributed by atoms with Crippen LogP contribution in [0.5, 0.6) is 0 Å². The molecule has 0 saturated carbocycles. The first-order valence-corrected chi connectivity index (χ1v) is 7.10. The first-order chi connectivity index (χ1) is 9.47. The lowest BCUT2D eigenvalue weighted by molar-refractivity contribution is 0.630. The molecule has 0 aliphatic carbocycles. The van der Waals surface area contributed by atoms with Crippen molar-refractivity contribution in [1.29, 1.82) is 0 Å². The molecule has 2 N–H and O–H groups in total. The molecule has 0 bridgehead atoms. The van der Waals surface area contributed by atoms with Crippen LogP contribution in [-0.4, -0.2) is 9.55 Å². The summed E-state index contributed by atoms with van der Waals surface area (Å²) in [5.74, 6) is -0.307. The summed E-state index contributed by atoms with van der Waals surface area (Å²) >= 11 is 15.3. The van der Waals surface area contributed by atoms with Crippen LogP contribution in [-0.2, 0) is 0 Å². The van der Waals surface area contributed by atoms with E-state index in [1.165, 1.54) is 12.1 Å². The topological polar surface area (TPSA) is 43.8 Å². The number of hydrogen-bond donors (Lipinski definition) is 1. The Morgan fingerprint density at radius 2 is 1.95 bits per heavy atom. The first-order valence-electron chi connectivity index (χ1n) is 5.56. The summed E-state index contributed by atoms with van der Waals surface area (Å²) < 4.78 is 15.9. The van der Waals surface area contributed by atoms with Gasteiger partial charge in [0.15, 0.2) is 0 Å². The molecule has 3 aromatic rings. The van der Waals surface area contributed by atoms with Gasteiger partial charge in [0.25, 0.3) is 0 Å². The molecular weight excluding hydrogens is 368 g/mol. The number of anilines is 1. The Bertz CT molecular complexity index is 832. The second kappa shape index (κ2) is 4.91. The van der Waals surface area contributed by atoms with Crippen molar-refractivity contribution in [2.24, 2.45) is 0 Å². The van der Waals surface area contributed by atoms with Crippen molar-refractivity contribution < 1.29 is 4.39 Å². The Hall–Kier alpha value is -1.30. The number of imidazole rings is 1. The Morgan fingerprint density at radius 3 is 2.70 bits per heavy atom. The van der Waals surface area contributed by atoms with E-state index in [4.69, 9.17) is 28.9 Å². The van der Waals surface area contributed by atoms with E-state index in [2.05, 4.69) is 20.9 Å². The third-order valence-electron chi connectivity index (χ3n) is 2.87. The van der Waals surface area contributed by atoms with Gasteiger partial charge in [-0.25, -0.2) is 9.37 Å². The molecule has 0 aliphatic heterocycles. The van der Waals surface area contributed by atoms with E-state index in [1.54, 1.807) is 22.8 Å².